The molecule has 1 amide bonds. The third-order valence-corrected chi connectivity index (χ3v) is 4.50. The fourth-order valence-electron chi connectivity index (χ4n) is 2.43. The van der Waals surface area contributed by atoms with Crippen molar-refractivity contribution in [3.63, 3.8) is 0 Å². The Kier molecular flexibility index (Phi) is 6.86. The van der Waals surface area contributed by atoms with Gasteiger partial charge in [0.05, 0.1) is 6.42 Å². The molecule has 2 atom stereocenters. The van der Waals surface area contributed by atoms with Crippen molar-refractivity contribution in [1.29, 1.82) is 0 Å². The van der Waals surface area contributed by atoms with Crippen LogP contribution in [0.1, 0.15) is 59.3 Å². The summed E-state index contributed by atoms with van der Waals surface area (Å²) in [7, 11) is 0. The quantitative estimate of drug-likeness (QED) is 0.793. The Balaban J connectivity index is 2.30. The summed E-state index contributed by atoms with van der Waals surface area (Å²) < 4.78 is 5.20. The molecule has 20 heavy (non-hydrogen) atoms. The van der Waals surface area contributed by atoms with Crippen LogP contribution in [0, 0.1) is 0 Å². The van der Waals surface area contributed by atoms with E-state index in [4.69, 9.17) is 4.74 Å². The van der Waals surface area contributed by atoms with Crippen LogP contribution >= 0.6 is 11.8 Å². The Labute approximate surface area is 126 Å². The molecule has 0 heterocycles. The van der Waals surface area contributed by atoms with Gasteiger partial charge in [-0.3, -0.25) is 9.59 Å². The van der Waals surface area contributed by atoms with Gasteiger partial charge in [-0.2, -0.15) is 11.8 Å². The monoisotopic (exact) mass is 301 g/mol. The number of carbonyl (C=O) groups excluding carboxylic acids is 2. The number of amides is 1. The van der Waals surface area contributed by atoms with E-state index < -0.39 is 5.60 Å². The molecule has 0 spiro atoms. The largest absolute Gasteiger partial charge is 0.460 e. The summed E-state index contributed by atoms with van der Waals surface area (Å²) in [6.07, 6.45) is 7.09. The lowest BCUT2D eigenvalue weighted by Crippen LogP contribution is -2.43. The van der Waals surface area contributed by atoms with Gasteiger partial charge in [-0.05, 0) is 39.9 Å². The zero-order valence-electron chi connectivity index (χ0n) is 13.0. The maximum Gasteiger partial charge on any atom is 0.306 e. The smallest absolute Gasteiger partial charge is 0.306 e. The zero-order valence-corrected chi connectivity index (χ0v) is 13.8. The summed E-state index contributed by atoms with van der Waals surface area (Å²) in [4.78, 5) is 23.5. The fourth-order valence-corrected chi connectivity index (χ4v) is 3.37. The van der Waals surface area contributed by atoms with Crippen LogP contribution in [0.4, 0.5) is 0 Å². The van der Waals surface area contributed by atoms with Crippen LogP contribution in [0.3, 0.4) is 0 Å². The van der Waals surface area contributed by atoms with Crippen molar-refractivity contribution in [2.75, 3.05) is 6.26 Å². The third-order valence-electron chi connectivity index (χ3n) is 3.33. The van der Waals surface area contributed by atoms with E-state index in [1.165, 1.54) is 12.8 Å². The lowest BCUT2D eigenvalue weighted by Gasteiger charge is -2.31. The van der Waals surface area contributed by atoms with Gasteiger partial charge in [-0.25, -0.2) is 0 Å². The summed E-state index contributed by atoms with van der Waals surface area (Å²) >= 11 is 1.82. The fraction of sp³-hybridized carbons (Fsp3) is 0.867. The molecule has 1 aliphatic rings. The molecule has 0 aromatic carbocycles. The van der Waals surface area contributed by atoms with Gasteiger partial charge < -0.3 is 10.1 Å². The van der Waals surface area contributed by atoms with Crippen molar-refractivity contribution in [2.45, 2.75) is 76.2 Å². The number of thioether (sulfide) groups is 1. The number of rotatable bonds is 5. The standard InChI is InChI=1S/C15H27NO3S/c1-15(2,3)19-14(18)10-9-13(17)16-11-7-5-6-8-12(11)20-4/h11-12H,5-10H2,1-4H3,(H,16,17). The zero-order chi connectivity index (χ0) is 15.2. The van der Waals surface area contributed by atoms with E-state index in [1.54, 1.807) is 0 Å². The molecular formula is C15H27NO3S. The van der Waals surface area contributed by atoms with E-state index >= 15 is 0 Å². The van der Waals surface area contributed by atoms with Crippen LogP contribution in [0.25, 0.3) is 0 Å². The van der Waals surface area contributed by atoms with Gasteiger partial charge in [-0.15, -0.1) is 0 Å². The molecule has 0 aromatic heterocycles. The highest BCUT2D eigenvalue weighted by molar-refractivity contribution is 7.99. The van der Waals surface area contributed by atoms with E-state index in [-0.39, 0.29) is 30.8 Å². The lowest BCUT2D eigenvalue weighted by molar-refractivity contribution is -0.155. The van der Waals surface area contributed by atoms with Gasteiger partial charge in [0.1, 0.15) is 5.60 Å². The maximum absolute atomic E-state index is 11.9. The van der Waals surface area contributed by atoms with E-state index in [1.807, 2.05) is 32.5 Å². The summed E-state index contributed by atoms with van der Waals surface area (Å²) in [5.41, 5.74) is -0.485. The second-order valence-electron chi connectivity index (χ2n) is 6.32. The molecule has 5 heteroatoms. The molecule has 1 fully saturated rings. The lowest BCUT2D eigenvalue weighted by atomic mass is 9.94. The highest BCUT2D eigenvalue weighted by Gasteiger charge is 2.26. The van der Waals surface area contributed by atoms with Crippen LogP contribution in [-0.2, 0) is 14.3 Å². The number of carbonyl (C=O) groups is 2. The van der Waals surface area contributed by atoms with Gasteiger partial charge in [0.2, 0.25) is 5.91 Å². The Morgan fingerprint density at radius 2 is 1.85 bits per heavy atom. The van der Waals surface area contributed by atoms with Crippen molar-refractivity contribution in [2.24, 2.45) is 0 Å². The average molecular weight is 301 g/mol. The first-order valence-corrected chi connectivity index (χ1v) is 8.64. The minimum absolute atomic E-state index is 0.0400. The molecule has 0 saturated heterocycles. The first-order chi connectivity index (χ1) is 9.31. The molecule has 0 aromatic rings. The minimum Gasteiger partial charge on any atom is -0.460 e. The first kappa shape index (κ1) is 17.3. The molecule has 4 nitrogen and oxygen atoms in total. The van der Waals surface area contributed by atoms with E-state index in [2.05, 4.69) is 11.6 Å². The highest BCUT2D eigenvalue weighted by Crippen LogP contribution is 2.27. The SMILES string of the molecule is CSC1CCCCC1NC(=O)CCC(=O)OC(C)(C)C. The van der Waals surface area contributed by atoms with E-state index in [0.717, 1.165) is 12.8 Å². The number of ether oxygens (including phenoxy) is 1. The van der Waals surface area contributed by atoms with Crippen LogP contribution in [-0.4, -0.2) is 35.0 Å². The van der Waals surface area contributed by atoms with Crippen LogP contribution in [0.15, 0.2) is 0 Å². The Morgan fingerprint density at radius 3 is 2.45 bits per heavy atom. The summed E-state index contributed by atoms with van der Waals surface area (Å²) in [5, 5.41) is 3.58. The van der Waals surface area contributed by atoms with Gasteiger partial charge >= 0.3 is 5.97 Å². The van der Waals surface area contributed by atoms with Gasteiger partial charge in [0.25, 0.3) is 0 Å². The van der Waals surface area contributed by atoms with Gasteiger partial charge in [0, 0.05) is 17.7 Å². The van der Waals surface area contributed by atoms with Crippen molar-refractivity contribution in [3.8, 4) is 0 Å². The molecular weight excluding hydrogens is 274 g/mol. The summed E-state index contributed by atoms with van der Waals surface area (Å²) in [6, 6.07) is 0.255. The predicted molar refractivity (Wildman–Crippen MR) is 82.8 cm³/mol. The van der Waals surface area contributed by atoms with Crippen molar-refractivity contribution >= 4 is 23.6 Å². The number of hydrogen-bond donors (Lipinski definition) is 1. The summed E-state index contributed by atoms with van der Waals surface area (Å²) in [5.74, 6) is -0.348. The molecule has 0 bridgehead atoms. The topological polar surface area (TPSA) is 55.4 Å². The van der Waals surface area contributed by atoms with E-state index in [9.17, 15) is 9.59 Å². The molecule has 1 N–H and O–H groups in total. The van der Waals surface area contributed by atoms with Crippen molar-refractivity contribution in [1.82, 2.24) is 5.32 Å². The third kappa shape index (κ3) is 6.64. The Hall–Kier alpha value is -0.710. The second-order valence-corrected chi connectivity index (χ2v) is 7.40. The number of hydrogen-bond acceptors (Lipinski definition) is 4. The molecule has 1 aliphatic carbocycles. The molecule has 0 radical (unpaired) electrons. The van der Waals surface area contributed by atoms with Gasteiger partial charge in [-0.1, -0.05) is 12.8 Å². The molecule has 0 aliphatic heterocycles. The van der Waals surface area contributed by atoms with Crippen molar-refractivity contribution in [3.05, 3.63) is 0 Å². The first-order valence-electron chi connectivity index (χ1n) is 7.36. The highest BCUT2D eigenvalue weighted by atomic mass is 32.2. The van der Waals surface area contributed by atoms with Gasteiger partial charge in [0.15, 0.2) is 0 Å². The van der Waals surface area contributed by atoms with Crippen molar-refractivity contribution < 1.29 is 14.3 Å². The molecule has 1 saturated carbocycles. The second kappa shape index (κ2) is 7.91. The maximum atomic E-state index is 11.9. The number of nitrogens with one attached hydrogen (secondary N) is 1. The van der Waals surface area contributed by atoms with Crippen LogP contribution in [0.5, 0.6) is 0 Å². The number of esters is 1. The minimum atomic E-state index is -0.485. The normalized spacial score (nSPS) is 23.2. The molecule has 116 valence electrons. The van der Waals surface area contributed by atoms with E-state index in [0.29, 0.717) is 5.25 Å². The Bertz CT molecular complexity index is 339. The Morgan fingerprint density at radius 1 is 1.20 bits per heavy atom. The predicted octanol–water partition coefficient (Wildman–Crippen LogP) is 2.90. The average Bonchev–Trinajstić information content (AvgIpc) is 2.35. The molecule has 1 rings (SSSR count). The molecule has 2 unspecified atom stereocenters. The van der Waals surface area contributed by atoms with Crippen LogP contribution < -0.4 is 5.32 Å². The summed E-state index contributed by atoms with van der Waals surface area (Å²) in [6.45, 7) is 5.49. The van der Waals surface area contributed by atoms with Crippen LogP contribution in [0.2, 0.25) is 0 Å².